The molecule has 0 aromatic rings. The minimum absolute atomic E-state index is 0. The second-order valence-corrected chi connectivity index (χ2v) is 0.365. The maximum atomic E-state index is 8.24. The summed E-state index contributed by atoms with van der Waals surface area (Å²) >= 11 is 0. The van der Waals surface area contributed by atoms with Crippen LogP contribution in [-0.4, -0.2) is 46.3 Å². The van der Waals surface area contributed by atoms with Gasteiger partial charge in [0, 0.05) is 0 Å². The molecule has 0 aliphatic heterocycles. The van der Waals surface area contributed by atoms with Gasteiger partial charge in [-0.2, -0.15) is 0 Å². The Bertz CT molecular complexity index is 70.1. The molecule has 9 heteroatoms. The van der Waals surface area contributed by atoms with Gasteiger partial charge in [-0.3, -0.25) is 0 Å². The van der Waals surface area contributed by atoms with E-state index in [2.05, 4.69) is 0 Å². The molecule has 0 heterocycles. The van der Waals surface area contributed by atoms with E-state index in [0.29, 0.717) is 25.9 Å². The Morgan fingerprint density at radius 2 is 0.538 bits per heavy atom. The van der Waals surface area contributed by atoms with Crippen molar-refractivity contribution in [3.8, 4) is 0 Å². The van der Waals surface area contributed by atoms with Gasteiger partial charge in [0.05, 0.1) is 0 Å². The SMILES string of the molecule is O=[C-]O.O=[C-]O.O=[C-]O.O=[C-]O.[Co+2]. The smallest absolute Gasteiger partial charge is 0.665 e. The van der Waals surface area contributed by atoms with Crippen molar-refractivity contribution in [3.63, 3.8) is 0 Å². The average molecular weight is 239 g/mol. The second-order valence-electron chi connectivity index (χ2n) is 0.365. The van der Waals surface area contributed by atoms with Crippen LogP contribution in [0.5, 0.6) is 0 Å². The number of hydrogen-bond donors (Lipinski definition) is 4. The molecule has 0 aliphatic rings. The van der Waals surface area contributed by atoms with E-state index in [1.54, 1.807) is 0 Å². The van der Waals surface area contributed by atoms with Gasteiger partial charge >= 0.3 is 16.8 Å². The van der Waals surface area contributed by atoms with Gasteiger partial charge in [-0.05, 0) is 0 Å². The van der Waals surface area contributed by atoms with Crippen LogP contribution in [0.2, 0.25) is 0 Å². The number of rotatable bonds is 0. The zero-order chi connectivity index (χ0) is 10.8. The first-order valence-electron chi connectivity index (χ1n) is 1.71. The predicted molar refractivity (Wildman–Crippen MR) is 33.3 cm³/mol. The minimum atomic E-state index is 0. The van der Waals surface area contributed by atoms with Crippen molar-refractivity contribution in [2.75, 3.05) is 0 Å². The Balaban J connectivity index is -0.0000000213. The fourth-order valence-electron chi connectivity index (χ4n) is 0. The van der Waals surface area contributed by atoms with Gasteiger partial charge < -0.3 is 39.6 Å². The van der Waals surface area contributed by atoms with Gasteiger partial charge in [0.2, 0.25) is 0 Å². The van der Waals surface area contributed by atoms with E-state index in [4.69, 9.17) is 39.6 Å². The van der Waals surface area contributed by atoms with Crippen molar-refractivity contribution in [3.05, 3.63) is 0 Å². The van der Waals surface area contributed by atoms with Crippen molar-refractivity contribution < 1.29 is 56.4 Å². The van der Waals surface area contributed by atoms with Gasteiger partial charge in [0.15, 0.2) is 0 Å². The van der Waals surface area contributed by atoms with E-state index >= 15 is 0 Å². The molecule has 0 rings (SSSR count). The molecule has 79 valence electrons. The van der Waals surface area contributed by atoms with Gasteiger partial charge in [0.25, 0.3) is 0 Å². The van der Waals surface area contributed by atoms with E-state index in [9.17, 15) is 0 Å². The molecule has 4 N–H and O–H groups in total. The summed E-state index contributed by atoms with van der Waals surface area (Å²) in [7, 11) is 0. The summed E-state index contributed by atoms with van der Waals surface area (Å²) in [5, 5.41) is 27.1. The van der Waals surface area contributed by atoms with E-state index < -0.39 is 0 Å². The Labute approximate surface area is 83.0 Å². The van der Waals surface area contributed by atoms with Crippen LogP contribution in [0.1, 0.15) is 0 Å². The predicted octanol–water partition coefficient (Wildman–Crippen LogP) is -1.56. The molecule has 1 radical (unpaired) electrons. The van der Waals surface area contributed by atoms with Crippen LogP contribution in [0.15, 0.2) is 0 Å². The topological polar surface area (TPSA) is 149 Å². The third-order valence-electron chi connectivity index (χ3n) is 0. The van der Waals surface area contributed by atoms with Gasteiger partial charge in [-0.15, -0.1) is 0 Å². The largest absolute Gasteiger partial charge is 2.00 e. The first-order chi connectivity index (χ1) is 5.66. The summed E-state index contributed by atoms with van der Waals surface area (Å²) in [6, 6.07) is 0. The summed E-state index contributed by atoms with van der Waals surface area (Å²) in [5.74, 6) is 0. The van der Waals surface area contributed by atoms with E-state index in [0.717, 1.165) is 0 Å². The molecule has 0 saturated carbocycles. The molecule has 13 heavy (non-hydrogen) atoms. The third kappa shape index (κ3) is 281. The summed E-state index contributed by atoms with van der Waals surface area (Å²) in [4.78, 5) is 32.9. The fraction of sp³-hybridized carbons (Fsp3) is 0. The summed E-state index contributed by atoms with van der Waals surface area (Å²) in [6.07, 6.45) is 0. The Morgan fingerprint density at radius 3 is 0.538 bits per heavy atom. The van der Waals surface area contributed by atoms with Crippen LogP contribution in [0.4, 0.5) is 0 Å². The molecule has 0 bridgehead atoms. The number of aliphatic hydroxyl groups excluding tert-OH is 4. The van der Waals surface area contributed by atoms with Gasteiger partial charge in [-0.1, -0.05) is 25.9 Å². The van der Waals surface area contributed by atoms with Crippen LogP contribution in [0, 0.1) is 0 Å². The molecular weight excluding hydrogens is 235 g/mol. The molecule has 8 nitrogen and oxygen atoms in total. The molecule has 0 unspecified atom stereocenters. The average Bonchev–Trinajstić information content (AvgIpc) is 1.92. The van der Waals surface area contributed by atoms with Crippen LogP contribution < -0.4 is 0 Å². The first-order valence-corrected chi connectivity index (χ1v) is 1.71. The minimum Gasteiger partial charge on any atom is -0.665 e. The van der Waals surface area contributed by atoms with Gasteiger partial charge in [0.1, 0.15) is 0 Å². The maximum Gasteiger partial charge on any atom is 2.00 e. The maximum absolute atomic E-state index is 8.24. The van der Waals surface area contributed by atoms with E-state index in [1.165, 1.54) is 0 Å². The zero-order valence-electron chi connectivity index (χ0n) is 5.76. The zero-order valence-corrected chi connectivity index (χ0v) is 6.80. The van der Waals surface area contributed by atoms with Crippen LogP contribution in [0.3, 0.4) is 0 Å². The molecule has 0 aromatic heterocycles. The normalized spacial score (nSPS) is 3.69. The van der Waals surface area contributed by atoms with Gasteiger partial charge in [-0.25, -0.2) is 0 Å². The summed E-state index contributed by atoms with van der Waals surface area (Å²) in [6.45, 7) is 2.00. The molecule has 0 saturated heterocycles. The Hall–Kier alpha value is -1.61. The Kier molecular flexibility index (Phi) is 372. The number of hydrogen-bond acceptors (Lipinski definition) is 4. The van der Waals surface area contributed by atoms with Crippen molar-refractivity contribution in [1.82, 2.24) is 0 Å². The van der Waals surface area contributed by atoms with Crippen molar-refractivity contribution >= 4 is 25.9 Å². The second kappa shape index (κ2) is 161. The summed E-state index contributed by atoms with van der Waals surface area (Å²) < 4.78 is 0. The standard InChI is InChI=1S/4CHO2.Co/c4*2-1-3;/h4*(H,2,3);/q4*-1;+2. The third-order valence-corrected chi connectivity index (χ3v) is 0. The molecular formula is C4H4CoO8-2. The van der Waals surface area contributed by atoms with E-state index in [1.807, 2.05) is 0 Å². The van der Waals surface area contributed by atoms with Crippen molar-refractivity contribution in [1.29, 1.82) is 0 Å². The van der Waals surface area contributed by atoms with Crippen LogP contribution in [0.25, 0.3) is 0 Å². The Morgan fingerprint density at radius 1 is 0.538 bits per heavy atom. The quantitative estimate of drug-likeness (QED) is 0.371. The molecule has 0 spiro atoms. The monoisotopic (exact) mass is 239 g/mol. The molecule has 0 amide bonds. The van der Waals surface area contributed by atoms with Crippen LogP contribution in [-0.2, 0) is 36.0 Å². The van der Waals surface area contributed by atoms with Crippen molar-refractivity contribution in [2.24, 2.45) is 0 Å². The van der Waals surface area contributed by atoms with E-state index in [-0.39, 0.29) is 16.8 Å². The molecule has 0 fully saturated rings. The molecule has 0 aliphatic carbocycles. The molecule has 0 aromatic carbocycles. The first kappa shape index (κ1) is 30.1. The molecule has 0 atom stereocenters. The van der Waals surface area contributed by atoms with Crippen molar-refractivity contribution in [2.45, 2.75) is 0 Å². The fourth-order valence-corrected chi connectivity index (χ4v) is 0. The summed E-state index contributed by atoms with van der Waals surface area (Å²) in [5.41, 5.74) is 0. The van der Waals surface area contributed by atoms with Crippen LogP contribution >= 0.6 is 0 Å².